The molecular formula is C8H13NO3. The van der Waals surface area contributed by atoms with Gasteiger partial charge in [0.15, 0.2) is 5.41 Å². The molecule has 1 amide bonds. The number of carbonyl (C=O) groups is 2. The second-order valence-corrected chi connectivity index (χ2v) is 3.67. The first-order valence-corrected chi connectivity index (χ1v) is 3.94. The number of carbonyl (C=O) groups excluding carboxylic acids is 1. The number of nitrogens with two attached hydrogens (primary N) is 1. The molecule has 0 radical (unpaired) electrons. The van der Waals surface area contributed by atoms with Crippen molar-refractivity contribution in [2.75, 3.05) is 0 Å². The number of amides is 1. The van der Waals surface area contributed by atoms with Crippen molar-refractivity contribution in [3.05, 3.63) is 0 Å². The van der Waals surface area contributed by atoms with Gasteiger partial charge in [-0.1, -0.05) is 13.8 Å². The predicted molar refractivity (Wildman–Crippen MR) is 42.3 cm³/mol. The van der Waals surface area contributed by atoms with Gasteiger partial charge in [0.05, 0.1) is 0 Å². The molecule has 1 saturated carbocycles. The van der Waals surface area contributed by atoms with Gasteiger partial charge in [-0.25, -0.2) is 0 Å². The zero-order chi connectivity index (χ0) is 9.57. The summed E-state index contributed by atoms with van der Waals surface area (Å²) in [7, 11) is 0. The van der Waals surface area contributed by atoms with Crippen LogP contribution < -0.4 is 5.73 Å². The molecule has 0 aromatic rings. The second kappa shape index (κ2) is 2.21. The number of hydrogen-bond acceptors (Lipinski definition) is 2. The lowest BCUT2D eigenvalue weighted by Gasteiger charge is -2.13. The highest BCUT2D eigenvalue weighted by Crippen LogP contribution is 2.65. The van der Waals surface area contributed by atoms with Crippen LogP contribution in [0.2, 0.25) is 0 Å². The molecule has 0 bridgehead atoms. The molecule has 12 heavy (non-hydrogen) atoms. The lowest BCUT2D eigenvalue weighted by atomic mass is 9.91. The molecule has 68 valence electrons. The number of rotatable bonds is 3. The summed E-state index contributed by atoms with van der Waals surface area (Å²) in [6, 6.07) is 0. The number of primary amides is 1. The van der Waals surface area contributed by atoms with Crippen LogP contribution in [-0.2, 0) is 9.59 Å². The highest BCUT2D eigenvalue weighted by molar-refractivity contribution is 6.05. The van der Waals surface area contributed by atoms with Crippen LogP contribution in [0.4, 0.5) is 0 Å². The van der Waals surface area contributed by atoms with Gasteiger partial charge in [-0.05, 0) is 18.3 Å². The molecule has 0 saturated heterocycles. The molecule has 1 fully saturated rings. The fourth-order valence-electron chi connectivity index (χ4n) is 1.79. The van der Waals surface area contributed by atoms with Crippen molar-refractivity contribution in [2.45, 2.75) is 26.7 Å². The van der Waals surface area contributed by atoms with Crippen LogP contribution >= 0.6 is 0 Å². The highest BCUT2D eigenvalue weighted by Gasteiger charge is 2.72. The van der Waals surface area contributed by atoms with E-state index in [1.165, 1.54) is 0 Å². The molecule has 0 aromatic heterocycles. The van der Waals surface area contributed by atoms with E-state index >= 15 is 0 Å². The van der Waals surface area contributed by atoms with E-state index in [0.29, 0.717) is 12.8 Å². The van der Waals surface area contributed by atoms with Crippen LogP contribution in [0.1, 0.15) is 26.7 Å². The molecule has 4 nitrogen and oxygen atoms in total. The van der Waals surface area contributed by atoms with Crippen molar-refractivity contribution in [3.63, 3.8) is 0 Å². The summed E-state index contributed by atoms with van der Waals surface area (Å²) >= 11 is 0. The third-order valence-electron chi connectivity index (χ3n) is 3.13. The van der Waals surface area contributed by atoms with Crippen molar-refractivity contribution in [3.8, 4) is 0 Å². The van der Waals surface area contributed by atoms with Crippen molar-refractivity contribution in [2.24, 2.45) is 16.6 Å². The van der Waals surface area contributed by atoms with Gasteiger partial charge in [0.25, 0.3) is 0 Å². The van der Waals surface area contributed by atoms with Crippen molar-refractivity contribution < 1.29 is 14.7 Å². The van der Waals surface area contributed by atoms with Crippen molar-refractivity contribution in [1.82, 2.24) is 0 Å². The molecule has 0 aromatic carbocycles. The maximum absolute atomic E-state index is 10.9. The van der Waals surface area contributed by atoms with Gasteiger partial charge in [-0.2, -0.15) is 0 Å². The zero-order valence-electron chi connectivity index (χ0n) is 7.26. The maximum atomic E-state index is 10.9. The van der Waals surface area contributed by atoms with Crippen LogP contribution in [0.15, 0.2) is 0 Å². The van der Waals surface area contributed by atoms with Crippen molar-refractivity contribution in [1.29, 1.82) is 0 Å². The molecule has 3 N–H and O–H groups in total. The first-order valence-electron chi connectivity index (χ1n) is 3.94. The van der Waals surface area contributed by atoms with Gasteiger partial charge in [0.2, 0.25) is 5.91 Å². The molecular weight excluding hydrogens is 158 g/mol. The number of carboxylic acids is 1. The second-order valence-electron chi connectivity index (χ2n) is 3.67. The summed E-state index contributed by atoms with van der Waals surface area (Å²) in [6.07, 6.45) is 1.05. The molecule has 1 aliphatic carbocycles. The fraction of sp³-hybridized carbons (Fsp3) is 0.750. The summed E-state index contributed by atoms with van der Waals surface area (Å²) in [4.78, 5) is 21.7. The minimum absolute atomic E-state index is 0.376. The van der Waals surface area contributed by atoms with E-state index in [4.69, 9.17) is 10.8 Å². The Labute approximate surface area is 70.7 Å². The zero-order valence-corrected chi connectivity index (χ0v) is 7.26. The van der Waals surface area contributed by atoms with Gasteiger partial charge < -0.3 is 10.8 Å². The molecule has 0 spiro atoms. The quantitative estimate of drug-likeness (QED) is 0.602. The first-order chi connectivity index (χ1) is 5.40. The van der Waals surface area contributed by atoms with E-state index in [-0.39, 0.29) is 0 Å². The third-order valence-corrected chi connectivity index (χ3v) is 3.13. The molecule has 0 unspecified atom stereocenters. The van der Waals surface area contributed by atoms with Crippen molar-refractivity contribution >= 4 is 11.9 Å². The number of hydrogen-bond donors (Lipinski definition) is 2. The SMILES string of the molecule is CC[C@@]1(C)C[C@@]1(C(N)=O)C(=O)O. The minimum Gasteiger partial charge on any atom is -0.480 e. The molecule has 0 heterocycles. The largest absolute Gasteiger partial charge is 0.480 e. The fourth-order valence-corrected chi connectivity index (χ4v) is 1.79. The lowest BCUT2D eigenvalue weighted by molar-refractivity contribution is -0.149. The smallest absolute Gasteiger partial charge is 0.319 e. The lowest BCUT2D eigenvalue weighted by Crippen LogP contribution is -2.36. The molecule has 1 aliphatic rings. The Kier molecular flexibility index (Phi) is 1.67. The summed E-state index contributed by atoms with van der Waals surface area (Å²) < 4.78 is 0. The third kappa shape index (κ3) is 0.777. The summed E-state index contributed by atoms with van der Waals surface area (Å²) in [5.41, 5.74) is 3.35. The molecule has 2 atom stereocenters. The van der Waals surface area contributed by atoms with Gasteiger partial charge in [0.1, 0.15) is 0 Å². The van der Waals surface area contributed by atoms with E-state index in [9.17, 15) is 9.59 Å². The normalized spacial score (nSPS) is 39.2. The van der Waals surface area contributed by atoms with E-state index in [0.717, 1.165) is 0 Å². The van der Waals surface area contributed by atoms with Crippen LogP contribution in [-0.4, -0.2) is 17.0 Å². The molecule has 4 heteroatoms. The first kappa shape index (κ1) is 9.03. The summed E-state index contributed by atoms with van der Waals surface area (Å²) in [5.74, 6) is -1.79. The van der Waals surface area contributed by atoms with E-state index in [2.05, 4.69) is 0 Å². The number of carboxylic acid groups (broad SMARTS) is 1. The van der Waals surface area contributed by atoms with Gasteiger partial charge in [0, 0.05) is 0 Å². The van der Waals surface area contributed by atoms with Gasteiger partial charge in [-0.3, -0.25) is 9.59 Å². The Morgan fingerprint density at radius 3 is 2.17 bits per heavy atom. The maximum Gasteiger partial charge on any atom is 0.319 e. The van der Waals surface area contributed by atoms with Crippen LogP contribution in [0, 0.1) is 10.8 Å². The van der Waals surface area contributed by atoms with Gasteiger partial charge >= 0.3 is 5.97 Å². The predicted octanol–water partition coefficient (Wildman–Crippen LogP) is 0.363. The Bertz CT molecular complexity index is 235. The van der Waals surface area contributed by atoms with Crippen LogP contribution in [0.25, 0.3) is 0 Å². The topological polar surface area (TPSA) is 80.4 Å². The Morgan fingerprint density at radius 2 is 2.08 bits per heavy atom. The number of aliphatic carboxylic acids is 1. The van der Waals surface area contributed by atoms with Crippen LogP contribution in [0.3, 0.4) is 0 Å². The molecule has 1 rings (SSSR count). The Balaban J connectivity index is 2.97. The monoisotopic (exact) mass is 171 g/mol. The van der Waals surface area contributed by atoms with E-state index in [1.54, 1.807) is 6.92 Å². The van der Waals surface area contributed by atoms with E-state index in [1.807, 2.05) is 6.92 Å². The summed E-state index contributed by atoms with van der Waals surface area (Å²) in [5, 5.41) is 8.84. The Morgan fingerprint density at radius 1 is 1.58 bits per heavy atom. The van der Waals surface area contributed by atoms with Crippen LogP contribution in [0.5, 0.6) is 0 Å². The highest BCUT2D eigenvalue weighted by atomic mass is 16.4. The molecule has 0 aliphatic heterocycles. The minimum atomic E-state index is -1.29. The van der Waals surface area contributed by atoms with E-state index < -0.39 is 22.7 Å². The Hall–Kier alpha value is -1.06. The standard InChI is InChI=1S/C8H13NO3/c1-3-7(2)4-8(7,5(9)10)6(11)12/h3-4H2,1-2H3,(H2,9,10)(H,11,12)/t7-,8+/m0/s1. The average molecular weight is 171 g/mol. The van der Waals surface area contributed by atoms with Gasteiger partial charge in [-0.15, -0.1) is 0 Å². The average Bonchev–Trinajstić information content (AvgIpc) is 2.59. The summed E-state index contributed by atoms with van der Waals surface area (Å²) in [6.45, 7) is 3.65.